The lowest BCUT2D eigenvalue weighted by atomic mass is 10.1. The number of carbonyl (C=O) groups excluding carboxylic acids is 1. The lowest BCUT2D eigenvalue weighted by Crippen LogP contribution is -2.46. The predicted octanol–water partition coefficient (Wildman–Crippen LogP) is 0.338. The Kier molecular flexibility index (Phi) is 3.31. The summed E-state index contributed by atoms with van der Waals surface area (Å²) in [6, 6.07) is 4.93. The van der Waals surface area contributed by atoms with Gasteiger partial charge in [0.15, 0.2) is 11.5 Å². The summed E-state index contributed by atoms with van der Waals surface area (Å²) < 4.78 is 5.43. The van der Waals surface area contributed by atoms with E-state index in [2.05, 4.69) is 4.98 Å². The molecule has 0 aliphatic heterocycles. The molecule has 96 valence electrons. The van der Waals surface area contributed by atoms with Crippen molar-refractivity contribution in [2.45, 2.75) is 19.4 Å². The van der Waals surface area contributed by atoms with Gasteiger partial charge < -0.3 is 10.2 Å². The van der Waals surface area contributed by atoms with Crippen LogP contribution in [0.25, 0.3) is 11.1 Å². The Morgan fingerprint density at radius 2 is 2.28 bits per heavy atom. The summed E-state index contributed by atoms with van der Waals surface area (Å²) in [7, 11) is 1.48. The molecule has 1 amide bonds. The lowest BCUT2D eigenvalue weighted by Gasteiger charge is -2.16. The van der Waals surface area contributed by atoms with Gasteiger partial charge in [0.05, 0.1) is 6.04 Å². The third kappa shape index (κ3) is 2.49. The van der Waals surface area contributed by atoms with Crippen LogP contribution >= 0.6 is 0 Å². The van der Waals surface area contributed by atoms with Crippen molar-refractivity contribution in [3.63, 3.8) is 0 Å². The monoisotopic (exact) mass is 248 g/mol. The van der Waals surface area contributed by atoms with Gasteiger partial charge in [0.25, 0.3) is 5.91 Å². The summed E-state index contributed by atoms with van der Waals surface area (Å²) in [6.07, 6.45) is 0.413. The smallest absolute Gasteiger partial charge is 0.253 e. The second-order valence-corrected chi connectivity index (χ2v) is 4.29. The second-order valence-electron chi connectivity index (χ2n) is 4.29. The summed E-state index contributed by atoms with van der Waals surface area (Å²) >= 11 is 0. The molecule has 1 aromatic carbocycles. The van der Waals surface area contributed by atoms with E-state index >= 15 is 0 Å². The van der Waals surface area contributed by atoms with E-state index in [0.717, 1.165) is 16.1 Å². The first kappa shape index (κ1) is 12.5. The first-order chi connectivity index (χ1) is 8.47. The molecule has 1 aromatic heterocycles. The maximum atomic E-state index is 11.6. The molecule has 0 saturated carbocycles. The van der Waals surface area contributed by atoms with E-state index in [9.17, 15) is 4.79 Å². The average Bonchev–Trinajstić information content (AvgIpc) is 2.67. The highest BCUT2D eigenvalue weighted by Gasteiger charge is 2.16. The summed E-state index contributed by atoms with van der Waals surface area (Å²) in [5.74, 6) is 5.67. The Balaban J connectivity index is 2.19. The topological polar surface area (TPSA) is 98.4 Å². The van der Waals surface area contributed by atoms with Gasteiger partial charge in [-0.05, 0) is 24.1 Å². The number of fused-ring (bicyclic) bond motifs is 1. The lowest BCUT2D eigenvalue weighted by molar-refractivity contribution is -0.131. The van der Waals surface area contributed by atoms with E-state index in [4.69, 9.17) is 16.0 Å². The third-order valence-electron chi connectivity index (χ3n) is 2.68. The molecular weight excluding hydrogens is 232 g/mol. The molecule has 0 fully saturated rings. The molecule has 1 atom stereocenters. The van der Waals surface area contributed by atoms with Crippen molar-refractivity contribution in [1.82, 2.24) is 9.99 Å². The molecule has 1 unspecified atom stereocenters. The number of hydrazine groups is 1. The van der Waals surface area contributed by atoms with Crippen molar-refractivity contribution in [3.8, 4) is 0 Å². The summed E-state index contributed by atoms with van der Waals surface area (Å²) in [5, 5.41) is 1.00. The largest absolute Gasteiger partial charge is 0.441 e. The zero-order valence-electron chi connectivity index (χ0n) is 10.4. The first-order valence-electron chi connectivity index (χ1n) is 5.61. The molecule has 18 heavy (non-hydrogen) atoms. The molecule has 1 heterocycles. The van der Waals surface area contributed by atoms with E-state index in [0.29, 0.717) is 17.9 Å². The minimum Gasteiger partial charge on any atom is -0.441 e. The van der Waals surface area contributed by atoms with E-state index in [1.54, 1.807) is 6.92 Å². The van der Waals surface area contributed by atoms with Crippen LogP contribution in [-0.4, -0.2) is 29.0 Å². The number of nitrogens with two attached hydrogens (primary N) is 2. The molecule has 0 saturated heterocycles. The van der Waals surface area contributed by atoms with Crippen LogP contribution in [0, 0.1) is 6.92 Å². The molecule has 2 aromatic rings. The van der Waals surface area contributed by atoms with Crippen molar-refractivity contribution in [2.75, 3.05) is 7.05 Å². The van der Waals surface area contributed by atoms with Crippen LogP contribution in [0.5, 0.6) is 0 Å². The number of benzene rings is 1. The van der Waals surface area contributed by atoms with Crippen LogP contribution in [0.2, 0.25) is 0 Å². The Morgan fingerprint density at radius 3 is 2.94 bits per heavy atom. The van der Waals surface area contributed by atoms with Gasteiger partial charge in [-0.2, -0.15) is 0 Å². The Hall–Kier alpha value is -1.92. The standard InChI is InChI=1S/C12H16N4O2/c1-7-15-10-4-3-8(6-11(10)18-7)5-9(13)12(17)16(2)14/h3-4,6,9H,5,13-14H2,1-2H3. The third-order valence-corrected chi connectivity index (χ3v) is 2.68. The second kappa shape index (κ2) is 4.75. The van der Waals surface area contributed by atoms with Gasteiger partial charge in [-0.15, -0.1) is 0 Å². The number of hydrogen-bond acceptors (Lipinski definition) is 5. The molecular formula is C12H16N4O2. The average molecular weight is 248 g/mol. The van der Waals surface area contributed by atoms with Crippen LogP contribution in [-0.2, 0) is 11.2 Å². The highest BCUT2D eigenvalue weighted by atomic mass is 16.3. The minimum absolute atomic E-state index is 0.302. The molecule has 6 heteroatoms. The highest BCUT2D eigenvalue weighted by molar-refractivity contribution is 5.81. The Labute approximate surface area is 105 Å². The first-order valence-corrected chi connectivity index (χ1v) is 5.61. The van der Waals surface area contributed by atoms with Crippen molar-refractivity contribution in [1.29, 1.82) is 0 Å². The number of oxazole rings is 1. The van der Waals surface area contributed by atoms with Crippen molar-refractivity contribution >= 4 is 17.0 Å². The van der Waals surface area contributed by atoms with Crippen LogP contribution in [0.3, 0.4) is 0 Å². The number of rotatable bonds is 3. The van der Waals surface area contributed by atoms with E-state index in [-0.39, 0.29) is 5.91 Å². The van der Waals surface area contributed by atoms with Crippen molar-refractivity contribution < 1.29 is 9.21 Å². The quantitative estimate of drug-likeness (QED) is 0.463. The number of aryl methyl sites for hydroxylation is 1. The van der Waals surface area contributed by atoms with Crippen molar-refractivity contribution in [2.24, 2.45) is 11.6 Å². The molecule has 6 nitrogen and oxygen atoms in total. The number of likely N-dealkylation sites (N-methyl/N-ethyl adjacent to an activating group) is 1. The summed E-state index contributed by atoms with van der Waals surface area (Å²) in [4.78, 5) is 15.8. The van der Waals surface area contributed by atoms with Gasteiger partial charge in [0.1, 0.15) is 5.52 Å². The summed E-state index contributed by atoms with van der Waals surface area (Å²) in [6.45, 7) is 1.79. The van der Waals surface area contributed by atoms with Gasteiger partial charge in [-0.25, -0.2) is 10.8 Å². The predicted molar refractivity (Wildman–Crippen MR) is 67.4 cm³/mol. The SMILES string of the molecule is Cc1nc2ccc(CC(N)C(=O)N(C)N)cc2o1. The minimum atomic E-state index is -0.651. The van der Waals surface area contributed by atoms with Crippen LogP contribution in [0.15, 0.2) is 22.6 Å². The van der Waals surface area contributed by atoms with Gasteiger partial charge >= 0.3 is 0 Å². The molecule has 0 spiro atoms. The van der Waals surface area contributed by atoms with E-state index in [1.807, 2.05) is 18.2 Å². The van der Waals surface area contributed by atoms with Crippen LogP contribution in [0.1, 0.15) is 11.5 Å². The van der Waals surface area contributed by atoms with Crippen LogP contribution in [0.4, 0.5) is 0 Å². The maximum Gasteiger partial charge on any atom is 0.253 e. The highest BCUT2D eigenvalue weighted by Crippen LogP contribution is 2.17. The zero-order valence-corrected chi connectivity index (χ0v) is 10.4. The maximum absolute atomic E-state index is 11.6. The van der Waals surface area contributed by atoms with Gasteiger partial charge in [-0.1, -0.05) is 6.07 Å². The fourth-order valence-corrected chi connectivity index (χ4v) is 1.81. The normalized spacial score (nSPS) is 12.7. The van der Waals surface area contributed by atoms with Crippen LogP contribution < -0.4 is 11.6 Å². The fourth-order valence-electron chi connectivity index (χ4n) is 1.81. The fraction of sp³-hybridized carbons (Fsp3) is 0.333. The van der Waals surface area contributed by atoms with E-state index < -0.39 is 6.04 Å². The zero-order chi connectivity index (χ0) is 13.3. The molecule has 0 aliphatic carbocycles. The van der Waals surface area contributed by atoms with Gasteiger partial charge in [0.2, 0.25) is 0 Å². The van der Waals surface area contributed by atoms with Crippen molar-refractivity contribution in [3.05, 3.63) is 29.7 Å². The summed E-state index contributed by atoms with van der Waals surface area (Å²) in [5.41, 5.74) is 8.20. The number of nitrogens with zero attached hydrogens (tertiary/aromatic N) is 2. The van der Waals surface area contributed by atoms with E-state index in [1.165, 1.54) is 7.05 Å². The molecule has 4 N–H and O–H groups in total. The Bertz CT molecular complexity index is 576. The van der Waals surface area contributed by atoms with Gasteiger partial charge in [-0.3, -0.25) is 9.80 Å². The number of hydrogen-bond donors (Lipinski definition) is 2. The molecule has 2 rings (SSSR count). The number of carbonyl (C=O) groups is 1. The molecule has 0 bridgehead atoms. The number of amides is 1. The molecule has 0 aliphatic rings. The Morgan fingerprint density at radius 1 is 1.56 bits per heavy atom. The number of aromatic nitrogens is 1. The molecule has 0 radical (unpaired) electrons. The van der Waals surface area contributed by atoms with Gasteiger partial charge in [0, 0.05) is 14.0 Å².